The minimum atomic E-state index is -0.555. The van der Waals surface area contributed by atoms with Gasteiger partial charge in [-0.3, -0.25) is 14.6 Å². The van der Waals surface area contributed by atoms with Crippen LogP contribution in [0.1, 0.15) is 55.6 Å². The van der Waals surface area contributed by atoms with Gasteiger partial charge in [0.05, 0.1) is 5.56 Å². The summed E-state index contributed by atoms with van der Waals surface area (Å²) in [5.74, 6) is 0.590. The van der Waals surface area contributed by atoms with Gasteiger partial charge < -0.3 is 10.2 Å². The number of fused-ring (bicyclic) bond motifs is 1. The molecule has 0 bridgehead atoms. The first-order chi connectivity index (χ1) is 14.5. The van der Waals surface area contributed by atoms with Crippen LogP contribution in [0.2, 0.25) is 10.0 Å². The van der Waals surface area contributed by atoms with Crippen molar-refractivity contribution in [1.29, 1.82) is 0 Å². The van der Waals surface area contributed by atoms with Crippen molar-refractivity contribution in [2.75, 3.05) is 23.3 Å². The van der Waals surface area contributed by atoms with E-state index in [1.807, 2.05) is 0 Å². The molecule has 1 aliphatic carbocycles. The monoisotopic (exact) mass is 444 g/mol. The zero-order chi connectivity index (χ0) is 20.8. The summed E-state index contributed by atoms with van der Waals surface area (Å²) < 4.78 is 0. The van der Waals surface area contributed by atoms with Crippen LogP contribution in [0.25, 0.3) is 0 Å². The molecule has 1 fully saturated rings. The Hall–Kier alpha value is -2.31. The molecule has 156 valence electrons. The highest BCUT2D eigenvalue weighted by Crippen LogP contribution is 2.45. The summed E-state index contributed by atoms with van der Waals surface area (Å²) >= 11 is 12.6. The van der Waals surface area contributed by atoms with E-state index in [4.69, 9.17) is 28.2 Å². The minimum absolute atomic E-state index is 0.0462. The van der Waals surface area contributed by atoms with Gasteiger partial charge in [-0.05, 0) is 49.8 Å². The van der Waals surface area contributed by atoms with Gasteiger partial charge in [0.1, 0.15) is 5.82 Å². The first-order valence-corrected chi connectivity index (χ1v) is 11.2. The Bertz CT molecular complexity index is 1120. The third-order valence-corrected chi connectivity index (χ3v) is 6.74. The standard InChI is InChI=1S/C22H22Cl2N4O2/c23-12-7-8-13(14(24)11-12)17-18-15(5-4-6-16(18)29)25-20-19(17)21(30)27-22(26-20)28-9-2-1-3-10-28/h7-8,11,17H,1-6,9-10H2,(H2,25,26,27,30)/t17-/m1/s1. The van der Waals surface area contributed by atoms with E-state index in [0.717, 1.165) is 44.5 Å². The number of hydrogen-bond acceptors (Lipinski definition) is 5. The molecular weight excluding hydrogens is 423 g/mol. The van der Waals surface area contributed by atoms with E-state index < -0.39 is 5.92 Å². The summed E-state index contributed by atoms with van der Waals surface area (Å²) in [5, 5.41) is 4.26. The maximum atomic E-state index is 13.3. The number of piperidine rings is 1. The Morgan fingerprint density at radius 1 is 1.03 bits per heavy atom. The quantitative estimate of drug-likeness (QED) is 0.705. The summed E-state index contributed by atoms with van der Waals surface area (Å²) in [4.78, 5) is 36.1. The summed E-state index contributed by atoms with van der Waals surface area (Å²) in [7, 11) is 0. The maximum Gasteiger partial charge on any atom is 0.258 e. The van der Waals surface area contributed by atoms with Crippen LogP contribution in [-0.4, -0.2) is 28.8 Å². The lowest BCUT2D eigenvalue weighted by Gasteiger charge is -2.34. The lowest BCUT2D eigenvalue weighted by molar-refractivity contribution is -0.116. The number of hydrogen-bond donors (Lipinski definition) is 2. The minimum Gasteiger partial charge on any atom is -0.343 e. The van der Waals surface area contributed by atoms with Crippen LogP contribution in [0, 0.1) is 0 Å². The molecule has 3 aliphatic rings. The second-order valence-electron chi connectivity index (χ2n) is 8.09. The van der Waals surface area contributed by atoms with E-state index in [1.54, 1.807) is 18.2 Å². The predicted molar refractivity (Wildman–Crippen MR) is 119 cm³/mol. The fourth-order valence-electron chi connectivity index (χ4n) is 4.75. The van der Waals surface area contributed by atoms with Gasteiger partial charge in [-0.2, -0.15) is 4.98 Å². The fourth-order valence-corrected chi connectivity index (χ4v) is 5.27. The average Bonchev–Trinajstić information content (AvgIpc) is 2.73. The van der Waals surface area contributed by atoms with Crippen molar-refractivity contribution in [3.63, 3.8) is 0 Å². The van der Waals surface area contributed by atoms with Crippen molar-refractivity contribution < 1.29 is 4.79 Å². The van der Waals surface area contributed by atoms with Crippen LogP contribution in [0.4, 0.5) is 11.8 Å². The van der Waals surface area contributed by atoms with Gasteiger partial charge in [0.2, 0.25) is 5.95 Å². The largest absolute Gasteiger partial charge is 0.343 e. The number of Topliss-reactive ketones (excluding diaryl/α,β-unsaturated/α-hetero) is 1. The predicted octanol–water partition coefficient (Wildman–Crippen LogP) is 4.63. The number of carbonyl (C=O) groups excluding carboxylic acids is 1. The van der Waals surface area contributed by atoms with Crippen molar-refractivity contribution in [2.45, 2.75) is 44.4 Å². The molecule has 30 heavy (non-hydrogen) atoms. The molecule has 2 aromatic rings. The number of carbonyl (C=O) groups is 1. The lowest BCUT2D eigenvalue weighted by Crippen LogP contribution is -2.36. The van der Waals surface area contributed by atoms with E-state index in [1.165, 1.54) is 6.42 Å². The summed E-state index contributed by atoms with van der Waals surface area (Å²) in [6.45, 7) is 1.75. The van der Waals surface area contributed by atoms with Crippen LogP contribution >= 0.6 is 23.2 Å². The van der Waals surface area contributed by atoms with Crippen LogP contribution in [0.15, 0.2) is 34.3 Å². The molecule has 1 saturated heterocycles. The van der Waals surface area contributed by atoms with Crippen molar-refractivity contribution in [3.05, 3.63) is 61.0 Å². The first kappa shape index (κ1) is 19.6. The molecule has 1 aromatic carbocycles. The number of benzene rings is 1. The van der Waals surface area contributed by atoms with Gasteiger partial charge in [0.15, 0.2) is 5.78 Å². The number of aromatic amines is 1. The summed E-state index contributed by atoms with van der Waals surface area (Å²) in [6.07, 6.45) is 5.36. The number of nitrogens with zero attached hydrogens (tertiary/aromatic N) is 2. The molecule has 1 atom stereocenters. The Balaban J connectivity index is 1.69. The molecule has 6 nitrogen and oxygen atoms in total. The molecule has 0 spiro atoms. The van der Waals surface area contributed by atoms with E-state index in [9.17, 15) is 9.59 Å². The van der Waals surface area contributed by atoms with Crippen LogP contribution < -0.4 is 15.8 Å². The summed E-state index contributed by atoms with van der Waals surface area (Å²) in [6, 6.07) is 5.19. The van der Waals surface area contributed by atoms with Crippen LogP contribution in [-0.2, 0) is 4.79 Å². The Kier molecular flexibility index (Phi) is 5.07. The number of anilines is 2. The highest BCUT2D eigenvalue weighted by Gasteiger charge is 2.39. The van der Waals surface area contributed by atoms with Gasteiger partial charge in [0.25, 0.3) is 5.56 Å². The molecule has 0 amide bonds. The average molecular weight is 445 g/mol. The molecule has 5 rings (SSSR count). The third kappa shape index (κ3) is 3.32. The molecular formula is C22H22Cl2N4O2. The summed E-state index contributed by atoms with van der Waals surface area (Å²) in [5.41, 5.74) is 2.36. The smallest absolute Gasteiger partial charge is 0.258 e. The highest BCUT2D eigenvalue weighted by molar-refractivity contribution is 6.35. The van der Waals surface area contributed by atoms with Gasteiger partial charge in [0, 0.05) is 46.7 Å². The Labute approximate surface area is 184 Å². The van der Waals surface area contributed by atoms with E-state index >= 15 is 0 Å². The number of ketones is 1. The first-order valence-electron chi connectivity index (χ1n) is 10.4. The fraction of sp³-hybridized carbons (Fsp3) is 0.409. The molecule has 2 N–H and O–H groups in total. The molecule has 1 aromatic heterocycles. The lowest BCUT2D eigenvalue weighted by atomic mass is 9.76. The number of allylic oxidation sites excluding steroid dienone is 2. The van der Waals surface area contributed by atoms with Crippen molar-refractivity contribution in [1.82, 2.24) is 9.97 Å². The Morgan fingerprint density at radius 2 is 1.83 bits per heavy atom. The molecule has 0 saturated carbocycles. The van der Waals surface area contributed by atoms with Gasteiger partial charge >= 0.3 is 0 Å². The van der Waals surface area contributed by atoms with E-state index in [2.05, 4.69) is 15.2 Å². The zero-order valence-electron chi connectivity index (χ0n) is 16.4. The normalized spacial score (nSPS) is 21.2. The third-order valence-electron chi connectivity index (χ3n) is 6.17. The molecule has 0 unspecified atom stereocenters. The Morgan fingerprint density at radius 3 is 2.60 bits per heavy atom. The molecule has 8 heteroatoms. The number of nitrogens with one attached hydrogen (secondary N) is 2. The van der Waals surface area contributed by atoms with Gasteiger partial charge in [-0.15, -0.1) is 0 Å². The number of aromatic nitrogens is 2. The second-order valence-corrected chi connectivity index (χ2v) is 8.94. The van der Waals surface area contributed by atoms with Gasteiger partial charge in [-0.1, -0.05) is 29.3 Å². The SMILES string of the molecule is O=C1CCCC2=C1[C@@H](c1ccc(Cl)cc1Cl)c1c(nc(N3CCCCC3)[nH]c1=O)N2. The van der Waals surface area contributed by atoms with Crippen molar-refractivity contribution in [3.8, 4) is 0 Å². The van der Waals surface area contributed by atoms with Crippen molar-refractivity contribution in [2.24, 2.45) is 0 Å². The number of H-pyrrole nitrogens is 1. The van der Waals surface area contributed by atoms with E-state index in [-0.39, 0.29) is 11.3 Å². The van der Waals surface area contributed by atoms with Crippen LogP contribution in [0.3, 0.4) is 0 Å². The van der Waals surface area contributed by atoms with Crippen LogP contribution in [0.5, 0.6) is 0 Å². The molecule has 0 radical (unpaired) electrons. The maximum absolute atomic E-state index is 13.3. The number of halogens is 2. The second kappa shape index (κ2) is 7.75. The molecule has 2 aliphatic heterocycles. The number of rotatable bonds is 2. The highest BCUT2D eigenvalue weighted by atomic mass is 35.5. The van der Waals surface area contributed by atoms with Gasteiger partial charge in [-0.25, -0.2) is 0 Å². The van der Waals surface area contributed by atoms with E-state index in [0.29, 0.717) is 44.9 Å². The topological polar surface area (TPSA) is 78.1 Å². The zero-order valence-corrected chi connectivity index (χ0v) is 17.9. The molecule has 3 heterocycles. The van der Waals surface area contributed by atoms with Crippen molar-refractivity contribution >= 4 is 40.8 Å².